The predicted molar refractivity (Wildman–Crippen MR) is 77.0 cm³/mol. The highest BCUT2D eigenvalue weighted by atomic mass is 16.4. The number of carboxylic acids is 1. The van der Waals surface area contributed by atoms with Crippen molar-refractivity contribution in [2.75, 3.05) is 0 Å². The van der Waals surface area contributed by atoms with E-state index in [2.05, 4.69) is 4.98 Å². The minimum absolute atomic E-state index is 0.288. The zero-order valence-corrected chi connectivity index (χ0v) is 11.1. The van der Waals surface area contributed by atoms with Crippen LogP contribution in [0.25, 0.3) is 10.9 Å². The van der Waals surface area contributed by atoms with Gasteiger partial charge in [-0.1, -0.05) is 17.7 Å². The topological polar surface area (TPSA) is 55.1 Å². The van der Waals surface area contributed by atoms with E-state index >= 15 is 0 Å². The average Bonchev–Trinajstić information content (AvgIpc) is 2.78. The Balaban J connectivity index is 2.16. The van der Waals surface area contributed by atoms with E-state index < -0.39 is 5.97 Å². The lowest BCUT2D eigenvalue weighted by molar-refractivity contribution is 0.0686. The summed E-state index contributed by atoms with van der Waals surface area (Å²) in [5, 5.41) is 10.3. The number of benzene rings is 1. The molecule has 0 amide bonds. The van der Waals surface area contributed by atoms with E-state index in [4.69, 9.17) is 0 Å². The van der Waals surface area contributed by atoms with Gasteiger partial charge in [0.15, 0.2) is 0 Å². The molecule has 0 aliphatic heterocycles. The molecule has 0 aliphatic rings. The van der Waals surface area contributed by atoms with Crippen LogP contribution in [0, 0.1) is 6.92 Å². The zero-order chi connectivity index (χ0) is 14.1. The molecule has 20 heavy (non-hydrogen) atoms. The highest BCUT2D eigenvalue weighted by Crippen LogP contribution is 2.22. The van der Waals surface area contributed by atoms with Gasteiger partial charge in [-0.3, -0.25) is 4.98 Å². The second-order valence-electron chi connectivity index (χ2n) is 4.80. The Hall–Kier alpha value is -2.62. The van der Waals surface area contributed by atoms with Crippen molar-refractivity contribution < 1.29 is 9.90 Å². The molecule has 1 N–H and O–H groups in total. The van der Waals surface area contributed by atoms with Gasteiger partial charge in [0.2, 0.25) is 0 Å². The van der Waals surface area contributed by atoms with Crippen molar-refractivity contribution in [2.45, 2.75) is 13.5 Å². The van der Waals surface area contributed by atoms with Crippen LogP contribution >= 0.6 is 0 Å². The third kappa shape index (κ3) is 2.16. The molecule has 1 aromatic carbocycles. The standard InChI is InChI=1S/C16H14N2O2/c1-11-5-6-14-12(8-11)9-15(16(19)20)18(14)10-13-4-2-3-7-17-13/h2-9H,10H2,1H3,(H,19,20). The largest absolute Gasteiger partial charge is 0.477 e. The summed E-state index contributed by atoms with van der Waals surface area (Å²) in [4.78, 5) is 15.7. The van der Waals surface area contributed by atoms with Crippen LogP contribution in [0.5, 0.6) is 0 Å². The van der Waals surface area contributed by atoms with Crippen molar-refractivity contribution in [1.29, 1.82) is 0 Å². The zero-order valence-electron chi connectivity index (χ0n) is 11.1. The summed E-state index contributed by atoms with van der Waals surface area (Å²) in [6.07, 6.45) is 1.71. The van der Waals surface area contributed by atoms with Gasteiger partial charge >= 0.3 is 5.97 Å². The summed E-state index contributed by atoms with van der Waals surface area (Å²) >= 11 is 0. The molecule has 0 atom stereocenters. The Morgan fingerprint density at radius 1 is 1.25 bits per heavy atom. The van der Waals surface area contributed by atoms with Crippen LogP contribution in [0.3, 0.4) is 0 Å². The summed E-state index contributed by atoms with van der Waals surface area (Å²) < 4.78 is 1.79. The molecule has 2 aromatic heterocycles. The Bertz CT molecular complexity index is 776. The first kappa shape index (κ1) is 12.4. The van der Waals surface area contributed by atoms with Gasteiger partial charge in [0.1, 0.15) is 5.69 Å². The Kier molecular flexibility index (Phi) is 2.99. The number of carboxylic acid groups (broad SMARTS) is 1. The number of hydrogen-bond donors (Lipinski definition) is 1. The number of hydrogen-bond acceptors (Lipinski definition) is 2. The molecule has 0 fully saturated rings. The highest BCUT2D eigenvalue weighted by Gasteiger charge is 2.15. The molecule has 0 saturated carbocycles. The molecule has 100 valence electrons. The number of nitrogens with zero attached hydrogens (tertiary/aromatic N) is 2. The van der Waals surface area contributed by atoms with Gasteiger partial charge in [0.05, 0.1) is 12.2 Å². The van der Waals surface area contributed by atoms with Crippen LogP contribution < -0.4 is 0 Å². The Morgan fingerprint density at radius 3 is 2.80 bits per heavy atom. The van der Waals surface area contributed by atoms with Gasteiger partial charge in [0.25, 0.3) is 0 Å². The second kappa shape index (κ2) is 4.81. The summed E-state index contributed by atoms with van der Waals surface area (Å²) in [6, 6.07) is 13.3. The quantitative estimate of drug-likeness (QED) is 0.792. The van der Waals surface area contributed by atoms with Crippen molar-refractivity contribution >= 4 is 16.9 Å². The number of fused-ring (bicyclic) bond motifs is 1. The fraction of sp³-hybridized carbons (Fsp3) is 0.125. The van der Waals surface area contributed by atoms with Crippen molar-refractivity contribution in [1.82, 2.24) is 9.55 Å². The summed E-state index contributed by atoms with van der Waals surface area (Å²) in [5.41, 5.74) is 3.16. The Morgan fingerprint density at radius 2 is 2.10 bits per heavy atom. The summed E-state index contributed by atoms with van der Waals surface area (Å²) in [7, 11) is 0. The number of rotatable bonds is 3. The highest BCUT2D eigenvalue weighted by molar-refractivity contribution is 5.94. The van der Waals surface area contributed by atoms with E-state index in [0.29, 0.717) is 6.54 Å². The number of pyridine rings is 1. The number of aromatic carboxylic acids is 1. The van der Waals surface area contributed by atoms with Crippen LogP contribution in [0.15, 0.2) is 48.7 Å². The van der Waals surface area contributed by atoms with Crippen molar-refractivity contribution in [3.8, 4) is 0 Å². The average molecular weight is 266 g/mol. The van der Waals surface area contributed by atoms with E-state index in [-0.39, 0.29) is 5.69 Å². The van der Waals surface area contributed by atoms with Crippen LogP contribution in [0.4, 0.5) is 0 Å². The minimum Gasteiger partial charge on any atom is -0.477 e. The van der Waals surface area contributed by atoms with Gasteiger partial charge in [0, 0.05) is 17.1 Å². The van der Waals surface area contributed by atoms with E-state index in [1.807, 2.05) is 43.3 Å². The maximum atomic E-state index is 11.4. The first-order valence-electron chi connectivity index (χ1n) is 6.38. The van der Waals surface area contributed by atoms with Crippen molar-refractivity contribution in [3.05, 3.63) is 65.6 Å². The molecule has 2 heterocycles. The first-order chi connectivity index (χ1) is 9.65. The lowest BCUT2D eigenvalue weighted by Crippen LogP contribution is -2.10. The van der Waals surface area contributed by atoms with Crippen molar-refractivity contribution in [2.24, 2.45) is 0 Å². The van der Waals surface area contributed by atoms with E-state index in [1.54, 1.807) is 16.8 Å². The molecule has 3 aromatic rings. The van der Waals surface area contributed by atoms with Gasteiger partial charge < -0.3 is 9.67 Å². The van der Waals surface area contributed by atoms with Crippen LogP contribution in [0.1, 0.15) is 21.7 Å². The minimum atomic E-state index is -0.921. The molecule has 0 radical (unpaired) electrons. The Labute approximate surface area is 116 Å². The van der Waals surface area contributed by atoms with E-state index in [1.165, 1.54) is 0 Å². The molecular weight excluding hydrogens is 252 g/mol. The fourth-order valence-corrected chi connectivity index (χ4v) is 2.39. The third-order valence-corrected chi connectivity index (χ3v) is 3.32. The molecule has 0 saturated heterocycles. The molecule has 0 aliphatic carbocycles. The van der Waals surface area contributed by atoms with Crippen LogP contribution in [-0.4, -0.2) is 20.6 Å². The first-order valence-corrected chi connectivity index (χ1v) is 6.38. The predicted octanol–water partition coefficient (Wildman–Crippen LogP) is 3.09. The number of carbonyl (C=O) groups is 1. The lowest BCUT2D eigenvalue weighted by atomic mass is 10.2. The van der Waals surface area contributed by atoms with Gasteiger partial charge in [-0.05, 0) is 37.3 Å². The molecule has 0 spiro atoms. The summed E-state index contributed by atoms with van der Waals surface area (Å²) in [5.74, 6) is -0.921. The van der Waals surface area contributed by atoms with Crippen molar-refractivity contribution in [3.63, 3.8) is 0 Å². The summed E-state index contributed by atoms with van der Waals surface area (Å²) in [6.45, 7) is 2.45. The van der Waals surface area contributed by atoms with Gasteiger partial charge in [-0.2, -0.15) is 0 Å². The van der Waals surface area contributed by atoms with Crippen LogP contribution in [0.2, 0.25) is 0 Å². The second-order valence-corrected chi connectivity index (χ2v) is 4.80. The third-order valence-electron chi connectivity index (χ3n) is 3.32. The smallest absolute Gasteiger partial charge is 0.352 e. The maximum absolute atomic E-state index is 11.4. The number of aryl methyl sites for hydroxylation is 1. The molecule has 0 bridgehead atoms. The van der Waals surface area contributed by atoms with Gasteiger partial charge in [-0.25, -0.2) is 4.79 Å². The van der Waals surface area contributed by atoms with E-state index in [9.17, 15) is 9.90 Å². The normalized spacial score (nSPS) is 10.8. The molecular formula is C16H14N2O2. The SMILES string of the molecule is Cc1ccc2c(c1)cc(C(=O)O)n2Cc1ccccn1. The van der Waals surface area contributed by atoms with Crippen LogP contribution in [-0.2, 0) is 6.54 Å². The molecule has 0 unspecified atom stereocenters. The lowest BCUT2D eigenvalue weighted by Gasteiger charge is -2.08. The number of aromatic nitrogens is 2. The monoisotopic (exact) mass is 266 g/mol. The molecule has 4 nitrogen and oxygen atoms in total. The fourth-order valence-electron chi connectivity index (χ4n) is 2.39. The maximum Gasteiger partial charge on any atom is 0.352 e. The van der Waals surface area contributed by atoms with Gasteiger partial charge in [-0.15, -0.1) is 0 Å². The molecule has 4 heteroatoms. The van der Waals surface area contributed by atoms with E-state index in [0.717, 1.165) is 22.2 Å². The molecule has 3 rings (SSSR count).